The first-order valence-electron chi connectivity index (χ1n) is 6.25. The minimum atomic E-state index is 0.115. The molecule has 2 aromatic rings. The summed E-state index contributed by atoms with van der Waals surface area (Å²) in [6, 6.07) is 5.57. The van der Waals surface area contributed by atoms with Gasteiger partial charge >= 0.3 is 0 Å². The zero-order chi connectivity index (χ0) is 13.8. The molecule has 0 unspecified atom stereocenters. The van der Waals surface area contributed by atoms with Crippen LogP contribution in [-0.2, 0) is 6.54 Å². The van der Waals surface area contributed by atoms with Gasteiger partial charge in [0.15, 0.2) is 0 Å². The second-order valence-electron chi connectivity index (χ2n) is 4.68. The maximum Gasteiger partial charge on any atom is 0.213 e. The van der Waals surface area contributed by atoms with Crippen LogP contribution < -0.4 is 15.8 Å². The Kier molecular flexibility index (Phi) is 3.94. The minimum Gasteiger partial charge on any atom is -0.491 e. The number of ether oxygens (including phenoxy) is 1. The molecular weight excluding hydrogens is 242 g/mol. The highest BCUT2D eigenvalue weighted by Crippen LogP contribution is 2.23. The first kappa shape index (κ1) is 13.3. The summed E-state index contributed by atoms with van der Waals surface area (Å²) in [5.74, 6) is 2.19. The summed E-state index contributed by atoms with van der Waals surface area (Å²) in [4.78, 5) is 4.13. The van der Waals surface area contributed by atoms with Crippen molar-refractivity contribution in [1.82, 2.24) is 4.98 Å². The van der Waals surface area contributed by atoms with Crippen molar-refractivity contribution in [2.45, 2.75) is 33.4 Å². The van der Waals surface area contributed by atoms with E-state index < -0.39 is 0 Å². The smallest absolute Gasteiger partial charge is 0.213 e. The van der Waals surface area contributed by atoms with Crippen molar-refractivity contribution in [3.63, 3.8) is 0 Å². The van der Waals surface area contributed by atoms with Gasteiger partial charge < -0.3 is 20.2 Å². The molecule has 2 rings (SSSR count). The van der Waals surface area contributed by atoms with E-state index in [0.717, 1.165) is 17.2 Å². The Bertz CT molecular complexity index is 549. The summed E-state index contributed by atoms with van der Waals surface area (Å²) in [5.41, 5.74) is 7.39. The van der Waals surface area contributed by atoms with Gasteiger partial charge in [-0.1, -0.05) is 0 Å². The summed E-state index contributed by atoms with van der Waals surface area (Å²) in [7, 11) is 0. The number of nitrogens with zero attached hydrogens (tertiary/aromatic N) is 1. The van der Waals surface area contributed by atoms with E-state index in [0.29, 0.717) is 18.1 Å². The van der Waals surface area contributed by atoms with Crippen molar-refractivity contribution < 1.29 is 9.15 Å². The van der Waals surface area contributed by atoms with Crippen molar-refractivity contribution in [3.8, 4) is 5.75 Å². The number of oxazole rings is 1. The lowest BCUT2D eigenvalue weighted by Gasteiger charge is -2.12. The monoisotopic (exact) mass is 261 g/mol. The molecule has 0 fully saturated rings. The van der Waals surface area contributed by atoms with Gasteiger partial charge in [0.2, 0.25) is 5.89 Å². The third-order valence-electron chi connectivity index (χ3n) is 2.41. The molecule has 0 aliphatic rings. The Morgan fingerprint density at radius 1 is 1.37 bits per heavy atom. The van der Waals surface area contributed by atoms with Crippen LogP contribution in [0.5, 0.6) is 5.75 Å². The molecule has 0 bridgehead atoms. The number of rotatable bonds is 5. The normalized spacial score (nSPS) is 10.7. The Morgan fingerprint density at radius 2 is 2.16 bits per heavy atom. The Morgan fingerprint density at radius 3 is 2.79 bits per heavy atom. The van der Waals surface area contributed by atoms with E-state index in [9.17, 15) is 0 Å². The second kappa shape index (κ2) is 5.65. The highest BCUT2D eigenvalue weighted by molar-refractivity contribution is 5.59. The number of aromatic nitrogens is 1. The minimum absolute atomic E-state index is 0.115. The average Bonchev–Trinajstić information content (AvgIpc) is 2.71. The van der Waals surface area contributed by atoms with E-state index in [2.05, 4.69) is 10.3 Å². The third-order valence-corrected chi connectivity index (χ3v) is 2.41. The molecule has 0 radical (unpaired) electrons. The lowest BCUT2D eigenvalue weighted by atomic mass is 10.2. The number of hydrogen-bond donors (Lipinski definition) is 2. The first-order valence-corrected chi connectivity index (χ1v) is 6.25. The van der Waals surface area contributed by atoms with E-state index in [4.69, 9.17) is 14.9 Å². The van der Waals surface area contributed by atoms with E-state index in [1.165, 1.54) is 0 Å². The molecule has 102 valence electrons. The number of nitrogens with one attached hydrogen (secondary N) is 1. The van der Waals surface area contributed by atoms with Crippen LogP contribution in [0.1, 0.15) is 25.5 Å². The zero-order valence-electron chi connectivity index (χ0n) is 11.4. The third kappa shape index (κ3) is 3.91. The van der Waals surface area contributed by atoms with Gasteiger partial charge in [-0.15, -0.1) is 0 Å². The predicted octanol–water partition coefficient (Wildman–Crippen LogP) is 2.96. The number of nitrogens with two attached hydrogens (primary N) is 1. The second-order valence-corrected chi connectivity index (χ2v) is 4.68. The first-order chi connectivity index (χ1) is 9.02. The van der Waals surface area contributed by atoms with Gasteiger partial charge in [0.25, 0.3) is 0 Å². The molecule has 0 aliphatic heterocycles. The molecular formula is C14H19N3O2. The fourth-order valence-electron chi connectivity index (χ4n) is 1.73. The van der Waals surface area contributed by atoms with Crippen molar-refractivity contribution in [1.29, 1.82) is 0 Å². The maximum absolute atomic E-state index is 5.85. The van der Waals surface area contributed by atoms with Gasteiger partial charge in [0.1, 0.15) is 11.5 Å². The lowest BCUT2D eigenvalue weighted by molar-refractivity contribution is 0.242. The summed E-state index contributed by atoms with van der Waals surface area (Å²) >= 11 is 0. The van der Waals surface area contributed by atoms with E-state index >= 15 is 0 Å². The molecule has 0 saturated heterocycles. The molecule has 0 spiro atoms. The summed E-state index contributed by atoms with van der Waals surface area (Å²) in [5, 5.41) is 3.21. The molecule has 0 aliphatic carbocycles. The van der Waals surface area contributed by atoms with Gasteiger partial charge in [-0.2, -0.15) is 0 Å². The van der Waals surface area contributed by atoms with E-state index in [-0.39, 0.29) is 6.10 Å². The highest BCUT2D eigenvalue weighted by Gasteiger charge is 2.04. The molecule has 19 heavy (non-hydrogen) atoms. The van der Waals surface area contributed by atoms with Crippen LogP contribution in [0.3, 0.4) is 0 Å². The van der Waals surface area contributed by atoms with Crippen molar-refractivity contribution in [2.75, 3.05) is 11.1 Å². The van der Waals surface area contributed by atoms with Crippen molar-refractivity contribution in [2.24, 2.45) is 0 Å². The molecule has 1 heterocycles. The van der Waals surface area contributed by atoms with Crippen LogP contribution in [0.2, 0.25) is 0 Å². The van der Waals surface area contributed by atoms with Crippen LogP contribution in [0.4, 0.5) is 11.4 Å². The van der Waals surface area contributed by atoms with Crippen LogP contribution in [0.25, 0.3) is 0 Å². The maximum atomic E-state index is 5.85. The molecule has 3 N–H and O–H groups in total. The quantitative estimate of drug-likeness (QED) is 0.809. The molecule has 5 nitrogen and oxygen atoms in total. The largest absolute Gasteiger partial charge is 0.491 e. The van der Waals surface area contributed by atoms with Crippen molar-refractivity contribution >= 4 is 11.4 Å². The van der Waals surface area contributed by atoms with Gasteiger partial charge in [-0.3, -0.25) is 0 Å². The van der Waals surface area contributed by atoms with Gasteiger partial charge in [0.05, 0.1) is 18.8 Å². The van der Waals surface area contributed by atoms with Crippen LogP contribution >= 0.6 is 0 Å². The number of hydrogen-bond acceptors (Lipinski definition) is 5. The number of aryl methyl sites for hydroxylation is 1. The predicted molar refractivity (Wildman–Crippen MR) is 75.2 cm³/mol. The molecule has 0 atom stereocenters. The summed E-state index contributed by atoms with van der Waals surface area (Å²) in [6.45, 7) is 6.33. The molecule has 0 saturated carbocycles. The molecule has 1 aromatic heterocycles. The Hall–Kier alpha value is -2.17. The highest BCUT2D eigenvalue weighted by atomic mass is 16.5. The van der Waals surface area contributed by atoms with Gasteiger partial charge in [-0.25, -0.2) is 4.98 Å². The molecule has 0 amide bonds. The van der Waals surface area contributed by atoms with Gasteiger partial charge in [0, 0.05) is 23.5 Å². The number of anilines is 2. The van der Waals surface area contributed by atoms with Crippen LogP contribution in [-0.4, -0.2) is 11.1 Å². The Balaban J connectivity index is 2.05. The molecule has 5 heteroatoms. The fraction of sp³-hybridized carbons (Fsp3) is 0.357. The van der Waals surface area contributed by atoms with E-state index in [1.807, 2.05) is 32.9 Å². The van der Waals surface area contributed by atoms with Crippen LogP contribution in [0.15, 0.2) is 28.8 Å². The zero-order valence-corrected chi connectivity index (χ0v) is 11.4. The lowest BCUT2D eigenvalue weighted by Crippen LogP contribution is -2.07. The van der Waals surface area contributed by atoms with Crippen molar-refractivity contribution in [3.05, 3.63) is 36.0 Å². The number of nitrogen functional groups attached to an aromatic ring is 1. The SMILES string of the molecule is Cc1cnc(CNc2cc(N)cc(OC(C)C)c2)o1. The van der Waals surface area contributed by atoms with Gasteiger partial charge in [-0.05, 0) is 26.8 Å². The Labute approximate surface area is 112 Å². The standard InChI is InChI=1S/C14H19N3O2/c1-9(2)18-13-5-11(15)4-12(6-13)16-8-14-17-7-10(3)19-14/h4-7,9,16H,8,15H2,1-3H3. The fourth-order valence-corrected chi connectivity index (χ4v) is 1.73. The summed E-state index contributed by atoms with van der Waals surface area (Å²) in [6.07, 6.45) is 1.81. The topological polar surface area (TPSA) is 73.3 Å². The van der Waals surface area contributed by atoms with Crippen LogP contribution in [0, 0.1) is 6.92 Å². The average molecular weight is 261 g/mol. The number of benzene rings is 1. The summed E-state index contributed by atoms with van der Waals surface area (Å²) < 4.78 is 11.0. The van der Waals surface area contributed by atoms with E-state index in [1.54, 1.807) is 12.3 Å². The molecule has 1 aromatic carbocycles.